The molecule has 5 heteroatoms. The van der Waals surface area contributed by atoms with Gasteiger partial charge in [-0.1, -0.05) is 13.0 Å². The molecular weight excluding hydrogens is 327 g/mol. The molecule has 2 rings (SSSR count). The third-order valence-electron chi connectivity index (χ3n) is 2.91. The summed E-state index contributed by atoms with van der Waals surface area (Å²) >= 11 is 4.94. The van der Waals surface area contributed by atoms with E-state index >= 15 is 0 Å². The first-order chi connectivity index (χ1) is 9.04. The van der Waals surface area contributed by atoms with Gasteiger partial charge in [0.15, 0.2) is 0 Å². The predicted octanol–water partition coefficient (Wildman–Crippen LogP) is 4.69. The van der Waals surface area contributed by atoms with Crippen LogP contribution in [0.2, 0.25) is 0 Å². The van der Waals surface area contributed by atoms with Gasteiger partial charge in [0.05, 0.1) is 11.3 Å². The summed E-state index contributed by atoms with van der Waals surface area (Å²) in [4.78, 5) is 5.67. The first kappa shape index (κ1) is 14.6. The molecule has 1 atom stereocenters. The summed E-state index contributed by atoms with van der Waals surface area (Å²) in [5, 5.41) is 4.09. The molecule has 0 spiro atoms. The molecule has 1 unspecified atom stereocenters. The van der Waals surface area contributed by atoms with Gasteiger partial charge in [0.1, 0.15) is 10.8 Å². The summed E-state index contributed by atoms with van der Waals surface area (Å²) in [6.45, 7) is 7.04. The third kappa shape index (κ3) is 3.04. The van der Waals surface area contributed by atoms with Crippen LogP contribution >= 0.6 is 27.3 Å². The molecule has 0 bridgehead atoms. The number of benzene rings is 1. The molecule has 2 aromatic rings. The van der Waals surface area contributed by atoms with E-state index in [0.717, 1.165) is 26.6 Å². The molecular formula is C14H16BrFN2S. The van der Waals surface area contributed by atoms with Crippen LogP contribution in [0.25, 0.3) is 10.6 Å². The Morgan fingerprint density at radius 3 is 2.84 bits per heavy atom. The molecule has 0 aliphatic carbocycles. The van der Waals surface area contributed by atoms with Crippen molar-refractivity contribution in [2.45, 2.75) is 26.8 Å². The maximum absolute atomic E-state index is 13.9. The molecule has 0 aliphatic heterocycles. The Bertz CT molecular complexity index is 563. The quantitative estimate of drug-likeness (QED) is 0.871. The maximum Gasteiger partial charge on any atom is 0.134 e. The van der Waals surface area contributed by atoms with E-state index < -0.39 is 0 Å². The Kier molecular flexibility index (Phi) is 4.71. The summed E-state index contributed by atoms with van der Waals surface area (Å²) in [7, 11) is 0. The summed E-state index contributed by atoms with van der Waals surface area (Å²) in [6, 6.07) is 5.22. The van der Waals surface area contributed by atoms with E-state index in [1.54, 1.807) is 17.4 Å². The Hall–Kier alpha value is -0.780. The molecule has 0 fully saturated rings. The lowest BCUT2D eigenvalue weighted by Gasteiger charge is -2.10. The van der Waals surface area contributed by atoms with Gasteiger partial charge >= 0.3 is 0 Å². The van der Waals surface area contributed by atoms with Crippen molar-refractivity contribution in [1.29, 1.82) is 0 Å². The van der Waals surface area contributed by atoms with Crippen LogP contribution in [0, 0.1) is 12.7 Å². The van der Waals surface area contributed by atoms with Crippen molar-refractivity contribution in [2.24, 2.45) is 0 Å². The molecule has 0 saturated carbocycles. The molecule has 0 saturated heterocycles. The Balaban J connectivity index is 2.45. The molecule has 2 nitrogen and oxygen atoms in total. The molecule has 0 amide bonds. The highest BCUT2D eigenvalue weighted by Gasteiger charge is 2.18. The lowest BCUT2D eigenvalue weighted by molar-refractivity contribution is 0.603. The number of hydrogen-bond acceptors (Lipinski definition) is 3. The van der Waals surface area contributed by atoms with Gasteiger partial charge in [-0.3, -0.25) is 0 Å². The molecule has 1 heterocycles. The van der Waals surface area contributed by atoms with Gasteiger partial charge in [-0.05, 0) is 48.5 Å². The van der Waals surface area contributed by atoms with Crippen molar-refractivity contribution in [1.82, 2.24) is 10.3 Å². The number of nitrogens with one attached hydrogen (secondary N) is 1. The van der Waals surface area contributed by atoms with Crippen LogP contribution < -0.4 is 5.32 Å². The van der Waals surface area contributed by atoms with E-state index in [1.165, 1.54) is 6.07 Å². The van der Waals surface area contributed by atoms with Crippen molar-refractivity contribution in [3.8, 4) is 10.6 Å². The lowest BCUT2D eigenvalue weighted by atomic mass is 10.2. The molecule has 102 valence electrons. The van der Waals surface area contributed by atoms with Crippen LogP contribution in [-0.2, 0) is 0 Å². The minimum Gasteiger partial charge on any atom is -0.310 e. The number of rotatable bonds is 4. The largest absolute Gasteiger partial charge is 0.310 e. The highest BCUT2D eigenvalue weighted by Crippen LogP contribution is 2.36. The third-order valence-corrected chi connectivity index (χ3v) is 4.93. The van der Waals surface area contributed by atoms with Crippen LogP contribution in [0.3, 0.4) is 0 Å². The van der Waals surface area contributed by atoms with Gasteiger partial charge in [-0.2, -0.15) is 0 Å². The standard InChI is InChI=1S/C14H16BrFN2S/c1-4-17-8(2)13-9(3)18-14(19-13)12-10(15)6-5-7-11(12)16/h5-8,17H,4H2,1-3H3. The predicted molar refractivity (Wildman–Crippen MR) is 82.0 cm³/mol. The van der Waals surface area contributed by atoms with Crippen LogP contribution in [-0.4, -0.2) is 11.5 Å². The smallest absolute Gasteiger partial charge is 0.134 e. The number of thiazole rings is 1. The molecule has 1 N–H and O–H groups in total. The van der Waals surface area contributed by atoms with E-state index in [4.69, 9.17) is 0 Å². The van der Waals surface area contributed by atoms with Crippen molar-refractivity contribution in [2.75, 3.05) is 6.54 Å². The first-order valence-electron chi connectivity index (χ1n) is 6.19. The zero-order valence-corrected chi connectivity index (χ0v) is 13.5. The second-order valence-corrected chi connectivity index (χ2v) is 6.23. The van der Waals surface area contributed by atoms with Gasteiger partial charge < -0.3 is 5.32 Å². The second-order valence-electron chi connectivity index (χ2n) is 4.34. The Morgan fingerprint density at radius 2 is 2.21 bits per heavy atom. The zero-order chi connectivity index (χ0) is 14.0. The summed E-state index contributed by atoms with van der Waals surface area (Å²) < 4.78 is 14.7. The maximum atomic E-state index is 13.9. The van der Waals surface area contributed by atoms with Crippen molar-refractivity contribution in [3.63, 3.8) is 0 Å². The normalized spacial score (nSPS) is 12.7. The average Bonchev–Trinajstić information content (AvgIpc) is 2.71. The monoisotopic (exact) mass is 342 g/mol. The minimum absolute atomic E-state index is 0.238. The van der Waals surface area contributed by atoms with Crippen LogP contribution in [0.5, 0.6) is 0 Å². The van der Waals surface area contributed by atoms with Crippen LogP contribution in [0.15, 0.2) is 22.7 Å². The summed E-state index contributed by atoms with van der Waals surface area (Å²) in [5.74, 6) is -0.245. The summed E-state index contributed by atoms with van der Waals surface area (Å²) in [5.41, 5.74) is 1.51. The second kappa shape index (κ2) is 6.11. The van der Waals surface area contributed by atoms with E-state index in [9.17, 15) is 4.39 Å². The highest BCUT2D eigenvalue weighted by atomic mass is 79.9. The number of hydrogen-bond donors (Lipinski definition) is 1. The van der Waals surface area contributed by atoms with Gasteiger partial charge in [0.2, 0.25) is 0 Å². The number of nitrogens with zero attached hydrogens (tertiary/aromatic N) is 1. The number of aromatic nitrogens is 1. The van der Waals surface area contributed by atoms with Crippen molar-refractivity contribution < 1.29 is 4.39 Å². The molecule has 19 heavy (non-hydrogen) atoms. The van der Waals surface area contributed by atoms with Crippen molar-refractivity contribution in [3.05, 3.63) is 39.1 Å². The van der Waals surface area contributed by atoms with E-state index in [2.05, 4.69) is 40.1 Å². The van der Waals surface area contributed by atoms with E-state index in [0.29, 0.717) is 5.56 Å². The molecule has 0 aliphatic rings. The SMILES string of the molecule is CCNC(C)c1sc(-c2c(F)cccc2Br)nc1C. The van der Waals surface area contributed by atoms with E-state index in [1.807, 2.05) is 13.0 Å². The topological polar surface area (TPSA) is 24.9 Å². The van der Waals surface area contributed by atoms with Crippen LogP contribution in [0.1, 0.15) is 30.5 Å². The Labute approximate surface area is 125 Å². The van der Waals surface area contributed by atoms with Gasteiger partial charge in [-0.25, -0.2) is 9.37 Å². The van der Waals surface area contributed by atoms with Gasteiger partial charge in [-0.15, -0.1) is 11.3 Å². The van der Waals surface area contributed by atoms with Gasteiger partial charge in [0, 0.05) is 15.4 Å². The fourth-order valence-electron chi connectivity index (χ4n) is 2.02. The highest BCUT2D eigenvalue weighted by molar-refractivity contribution is 9.10. The number of halogens is 2. The Morgan fingerprint density at radius 1 is 1.47 bits per heavy atom. The summed E-state index contributed by atoms with van der Waals surface area (Å²) in [6.07, 6.45) is 0. The zero-order valence-electron chi connectivity index (χ0n) is 11.1. The fourth-order valence-corrected chi connectivity index (χ4v) is 3.83. The number of aryl methyl sites for hydroxylation is 1. The molecule has 0 radical (unpaired) electrons. The molecule has 1 aromatic carbocycles. The fraction of sp³-hybridized carbons (Fsp3) is 0.357. The van der Waals surface area contributed by atoms with Gasteiger partial charge in [0.25, 0.3) is 0 Å². The average molecular weight is 343 g/mol. The minimum atomic E-state index is -0.245. The first-order valence-corrected chi connectivity index (χ1v) is 7.80. The van der Waals surface area contributed by atoms with Crippen LogP contribution in [0.4, 0.5) is 4.39 Å². The lowest BCUT2D eigenvalue weighted by Crippen LogP contribution is -2.17. The molecule has 1 aromatic heterocycles. The van der Waals surface area contributed by atoms with Crippen molar-refractivity contribution >= 4 is 27.3 Å². The van der Waals surface area contributed by atoms with E-state index in [-0.39, 0.29) is 11.9 Å².